The van der Waals surface area contributed by atoms with Crippen molar-refractivity contribution >= 4 is 57.5 Å². The van der Waals surface area contributed by atoms with E-state index in [1.54, 1.807) is 27.0 Å². The van der Waals surface area contributed by atoms with Crippen LogP contribution < -0.4 is 21.5 Å². The Balaban J connectivity index is 1.31. The first-order valence-electron chi connectivity index (χ1n) is 12.5. The van der Waals surface area contributed by atoms with Gasteiger partial charge in [-0.2, -0.15) is 4.98 Å². The molecule has 1 aliphatic heterocycles. The van der Waals surface area contributed by atoms with Crippen molar-refractivity contribution < 1.29 is 9.53 Å². The van der Waals surface area contributed by atoms with E-state index in [0.717, 1.165) is 15.9 Å². The number of nitrogens with zero attached hydrogens (tertiary/aromatic N) is 5. The van der Waals surface area contributed by atoms with Gasteiger partial charge in [-0.3, -0.25) is 14.6 Å². The number of aromatic amines is 1. The molecule has 0 bridgehead atoms. The van der Waals surface area contributed by atoms with Gasteiger partial charge >= 0.3 is 5.69 Å². The van der Waals surface area contributed by atoms with Crippen LogP contribution in [0.4, 0.5) is 17.3 Å². The second kappa shape index (κ2) is 10.9. The number of hydrogen-bond donors (Lipinski definition) is 2. The van der Waals surface area contributed by atoms with Crippen molar-refractivity contribution in [2.45, 2.75) is 19.4 Å². The number of ether oxygens (including phenoxy) is 1. The van der Waals surface area contributed by atoms with Gasteiger partial charge in [-0.1, -0.05) is 29.3 Å². The maximum absolute atomic E-state index is 13.1. The van der Waals surface area contributed by atoms with Crippen LogP contribution in [0.1, 0.15) is 13.8 Å². The molecule has 2 aromatic heterocycles. The first kappa shape index (κ1) is 27.6. The summed E-state index contributed by atoms with van der Waals surface area (Å²) >= 11 is 12.4. The van der Waals surface area contributed by atoms with E-state index in [1.807, 2.05) is 29.2 Å². The molecule has 0 atom stereocenters. The van der Waals surface area contributed by atoms with Crippen LogP contribution in [0.3, 0.4) is 0 Å². The molecular weight excluding hydrogens is 557 g/mol. The van der Waals surface area contributed by atoms with Crippen molar-refractivity contribution in [3.63, 3.8) is 0 Å². The summed E-state index contributed by atoms with van der Waals surface area (Å²) in [5.74, 6) is 0.189. The number of piperazine rings is 1. The zero-order chi connectivity index (χ0) is 28.6. The minimum Gasteiger partial charge on any atom is -0.369 e. The quantitative estimate of drug-likeness (QED) is 0.352. The maximum Gasteiger partial charge on any atom is 0.334 e. The van der Waals surface area contributed by atoms with Crippen LogP contribution in [0.2, 0.25) is 10.0 Å². The van der Waals surface area contributed by atoms with Gasteiger partial charge in [0.05, 0.1) is 15.7 Å². The number of rotatable bonds is 6. The van der Waals surface area contributed by atoms with Crippen LogP contribution in [0.5, 0.6) is 0 Å². The molecule has 5 rings (SSSR count). The molecule has 13 heteroatoms. The lowest BCUT2D eigenvalue weighted by Crippen LogP contribution is -2.54. The molecule has 0 radical (unpaired) electrons. The number of para-hydroxylation sites is 1. The van der Waals surface area contributed by atoms with Crippen LogP contribution in [0.25, 0.3) is 16.7 Å². The highest BCUT2D eigenvalue weighted by Gasteiger charge is 2.33. The molecule has 1 fully saturated rings. The fourth-order valence-corrected chi connectivity index (χ4v) is 5.06. The highest BCUT2D eigenvalue weighted by molar-refractivity contribution is 6.37. The number of fused-ring (bicyclic) bond motifs is 1. The Labute approximate surface area is 239 Å². The average molecular weight is 584 g/mol. The molecule has 11 nitrogen and oxygen atoms in total. The fraction of sp³-hybridized carbons (Fsp3) is 0.296. The molecule has 0 aliphatic carbocycles. The first-order valence-corrected chi connectivity index (χ1v) is 13.3. The molecule has 1 saturated heterocycles. The smallest absolute Gasteiger partial charge is 0.334 e. The Kier molecular flexibility index (Phi) is 7.54. The lowest BCUT2D eigenvalue weighted by molar-refractivity contribution is -0.151. The molecule has 208 valence electrons. The van der Waals surface area contributed by atoms with E-state index in [-0.39, 0.29) is 38.6 Å². The van der Waals surface area contributed by atoms with Gasteiger partial charge in [0.1, 0.15) is 11.0 Å². The van der Waals surface area contributed by atoms with Gasteiger partial charge in [-0.15, -0.1) is 0 Å². The number of methoxy groups -OCH3 is 1. The largest absolute Gasteiger partial charge is 0.369 e. The van der Waals surface area contributed by atoms with E-state index in [0.29, 0.717) is 26.2 Å². The van der Waals surface area contributed by atoms with Gasteiger partial charge in [0, 0.05) is 50.9 Å². The number of aromatic nitrogens is 4. The summed E-state index contributed by atoms with van der Waals surface area (Å²) in [6, 6.07) is 12.4. The Morgan fingerprint density at radius 2 is 1.68 bits per heavy atom. The Morgan fingerprint density at radius 1 is 1.02 bits per heavy atom. The zero-order valence-electron chi connectivity index (χ0n) is 22.1. The summed E-state index contributed by atoms with van der Waals surface area (Å²) in [7, 11) is 1.54. The van der Waals surface area contributed by atoms with E-state index in [9.17, 15) is 14.4 Å². The van der Waals surface area contributed by atoms with E-state index < -0.39 is 16.9 Å². The van der Waals surface area contributed by atoms with Gasteiger partial charge in [-0.05, 0) is 50.2 Å². The third-order valence-corrected chi connectivity index (χ3v) is 7.50. The van der Waals surface area contributed by atoms with Crippen molar-refractivity contribution in [3.05, 3.63) is 79.5 Å². The topological polar surface area (TPSA) is 125 Å². The lowest BCUT2D eigenvalue weighted by atomic mass is 10.1. The van der Waals surface area contributed by atoms with Crippen LogP contribution in [0, 0.1) is 0 Å². The maximum atomic E-state index is 13.1. The van der Waals surface area contributed by atoms with Crippen LogP contribution >= 0.6 is 23.2 Å². The van der Waals surface area contributed by atoms with Crippen molar-refractivity contribution in [1.82, 2.24) is 24.4 Å². The van der Waals surface area contributed by atoms with Gasteiger partial charge in [0.25, 0.3) is 11.5 Å². The van der Waals surface area contributed by atoms with Crippen LogP contribution in [-0.2, 0) is 9.53 Å². The molecule has 4 aromatic rings. The van der Waals surface area contributed by atoms with E-state index in [4.69, 9.17) is 27.9 Å². The number of nitrogens with one attached hydrogen (secondary N) is 2. The first-order chi connectivity index (χ1) is 19.1. The molecule has 0 saturated carbocycles. The van der Waals surface area contributed by atoms with E-state index >= 15 is 0 Å². The number of carbonyl (C=O) groups excluding carboxylic acids is 1. The van der Waals surface area contributed by atoms with Gasteiger partial charge in [0.15, 0.2) is 5.65 Å². The molecule has 2 aromatic carbocycles. The SMILES string of the molecule is COC(C)(C)C(=O)N1CCN(c2ccc(Nc3ncc4c(=O)n(-c5c(Cl)cccc5Cl)c(=O)[nH]c4n3)cc2)CC1. The third kappa shape index (κ3) is 5.27. The number of carbonyl (C=O) groups is 1. The number of amides is 1. The summed E-state index contributed by atoms with van der Waals surface area (Å²) in [5.41, 5.74) is -0.303. The highest BCUT2D eigenvalue weighted by Crippen LogP contribution is 2.27. The Hall–Kier alpha value is -3.93. The zero-order valence-corrected chi connectivity index (χ0v) is 23.6. The van der Waals surface area contributed by atoms with E-state index in [1.165, 1.54) is 18.3 Å². The minimum atomic E-state index is -0.840. The number of benzene rings is 2. The number of hydrogen-bond acceptors (Lipinski definition) is 8. The summed E-state index contributed by atoms with van der Waals surface area (Å²) in [6.07, 6.45) is 1.34. The molecule has 0 unspecified atom stereocenters. The standard InChI is InChI=1S/C27H27Cl2N7O4/c1-27(2,40-3)24(38)35-13-11-34(12-14-35)17-9-7-16(8-10-17)31-25-30-15-18-22(32-25)33-26(39)36(23(18)37)21-19(28)5-4-6-20(21)29/h4-10,15H,11-14H2,1-3H3,(H2,30,31,32,33,39). The number of H-pyrrole nitrogens is 1. The van der Waals surface area contributed by atoms with Crippen molar-refractivity contribution in [1.29, 1.82) is 0 Å². The van der Waals surface area contributed by atoms with Gasteiger partial charge in [0.2, 0.25) is 5.95 Å². The molecule has 0 spiro atoms. The lowest BCUT2D eigenvalue weighted by Gasteiger charge is -2.39. The molecule has 1 aliphatic rings. The van der Waals surface area contributed by atoms with Crippen molar-refractivity contribution in [2.24, 2.45) is 0 Å². The summed E-state index contributed by atoms with van der Waals surface area (Å²) in [4.78, 5) is 53.8. The van der Waals surface area contributed by atoms with Gasteiger partial charge < -0.3 is 19.9 Å². The molecule has 3 heterocycles. The van der Waals surface area contributed by atoms with Crippen molar-refractivity contribution in [3.8, 4) is 5.69 Å². The Morgan fingerprint density at radius 3 is 2.30 bits per heavy atom. The average Bonchev–Trinajstić information content (AvgIpc) is 2.94. The van der Waals surface area contributed by atoms with E-state index in [2.05, 4.69) is 25.2 Å². The second-order valence-corrected chi connectivity index (χ2v) is 10.6. The highest BCUT2D eigenvalue weighted by atomic mass is 35.5. The number of anilines is 3. The Bertz CT molecular complexity index is 1670. The molecular formula is C27H27Cl2N7O4. The summed E-state index contributed by atoms with van der Waals surface area (Å²) in [5, 5.41) is 3.51. The third-order valence-electron chi connectivity index (χ3n) is 6.89. The van der Waals surface area contributed by atoms with Crippen LogP contribution in [-0.4, -0.2) is 69.2 Å². The second-order valence-electron chi connectivity index (χ2n) is 9.76. The fourth-order valence-electron chi connectivity index (χ4n) is 4.49. The molecule has 2 N–H and O–H groups in total. The number of halogens is 2. The predicted molar refractivity (Wildman–Crippen MR) is 155 cm³/mol. The molecule has 40 heavy (non-hydrogen) atoms. The summed E-state index contributed by atoms with van der Waals surface area (Å²) < 4.78 is 6.20. The minimum absolute atomic E-state index is 0.0162. The van der Waals surface area contributed by atoms with Gasteiger partial charge in [-0.25, -0.2) is 14.3 Å². The van der Waals surface area contributed by atoms with Crippen molar-refractivity contribution in [2.75, 3.05) is 43.5 Å². The predicted octanol–water partition coefficient (Wildman–Crippen LogP) is 3.59. The van der Waals surface area contributed by atoms with Crippen LogP contribution in [0.15, 0.2) is 58.3 Å². The normalized spacial score (nSPS) is 14.0. The molecule has 1 amide bonds. The summed E-state index contributed by atoms with van der Waals surface area (Å²) in [6.45, 7) is 6.18. The monoisotopic (exact) mass is 583 g/mol.